The molecule has 1 unspecified atom stereocenters. The molecule has 0 heterocycles. The number of para-hydroxylation sites is 1. The number of benzene rings is 1. The molecule has 1 aromatic carbocycles. The van der Waals surface area contributed by atoms with Crippen LogP contribution in [-0.2, 0) is 29.6 Å². The smallest absolute Gasteiger partial charge is 0.433 e. The van der Waals surface area contributed by atoms with Crippen LogP contribution in [0.4, 0.5) is 14.9 Å². The van der Waals surface area contributed by atoms with E-state index in [0.717, 1.165) is 0 Å². The van der Waals surface area contributed by atoms with Gasteiger partial charge in [0.15, 0.2) is 0 Å². The molecule has 1 rings (SSSR count). The van der Waals surface area contributed by atoms with Crippen molar-refractivity contribution in [1.29, 1.82) is 0 Å². The fourth-order valence-electron chi connectivity index (χ4n) is 1.23. The SMILES string of the molecule is O=C(OCCS(=O)(=O)Nc1ccccc1)OCC(F)S(=O)(=O)O. The molecular weight excluding hydrogens is 357 g/mol. The molecule has 23 heavy (non-hydrogen) atoms. The minimum atomic E-state index is -4.98. The number of carbonyl (C=O) groups excluding carboxylic acids is 1. The standard InChI is InChI=1S/C11H14FNO8S2/c12-10(23(17,18)19)8-21-11(14)20-6-7-22(15,16)13-9-4-2-1-3-5-9/h1-5,10,13H,6-8H2,(H,17,18,19). The van der Waals surface area contributed by atoms with E-state index in [1.807, 2.05) is 0 Å². The summed E-state index contributed by atoms with van der Waals surface area (Å²) in [5.74, 6) is -0.589. The van der Waals surface area contributed by atoms with E-state index in [0.29, 0.717) is 5.69 Å². The molecule has 2 N–H and O–H groups in total. The van der Waals surface area contributed by atoms with Crippen LogP contribution in [0.2, 0.25) is 0 Å². The topological polar surface area (TPSA) is 136 Å². The Balaban J connectivity index is 2.34. The Bertz CT molecular complexity index is 720. The minimum absolute atomic E-state index is 0.323. The van der Waals surface area contributed by atoms with Gasteiger partial charge in [-0.05, 0) is 12.1 Å². The third-order valence-electron chi connectivity index (χ3n) is 2.27. The van der Waals surface area contributed by atoms with Crippen molar-refractivity contribution in [2.45, 2.75) is 5.50 Å². The molecular formula is C11H14FNO8S2. The van der Waals surface area contributed by atoms with E-state index in [1.165, 1.54) is 12.1 Å². The van der Waals surface area contributed by atoms with Gasteiger partial charge in [0.25, 0.3) is 5.50 Å². The predicted molar refractivity (Wildman–Crippen MR) is 77.6 cm³/mol. The molecule has 0 radical (unpaired) electrons. The van der Waals surface area contributed by atoms with Gasteiger partial charge in [-0.3, -0.25) is 9.27 Å². The summed E-state index contributed by atoms with van der Waals surface area (Å²) in [6, 6.07) is 7.97. The van der Waals surface area contributed by atoms with E-state index in [4.69, 9.17) is 4.55 Å². The Morgan fingerprint density at radius 3 is 2.35 bits per heavy atom. The predicted octanol–water partition coefficient (Wildman–Crippen LogP) is 0.765. The third kappa shape index (κ3) is 7.76. The molecule has 0 saturated heterocycles. The molecule has 0 bridgehead atoms. The Hall–Kier alpha value is -1.92. The fourth-order valence-corrected chi connectivity index (χ4v) is 2.37. The van der Waals surface area contributed by atoms with Crippen LogP contribution in [0.25, 0.3) is 0 Å². The zero-order chi connectivity index (χ0) is 17.5. The second-order valence-electron chi connectivity index (χ2n) is 4.12. The number of alkyl halides is 1. The molecule has 0 saturated carbocycles. The number of halogens is 1. The average Bonchev–Trinajstić information content (AvgIpc) is 2.44. The molecule has 130 valence electrons. The van der Waals surface area contributed by atoms with Crippen molar-refractivity contribution in [3.05, 3.63) is 30.3 Å². The lowest BCUT2D eigenvalue weighted by Crippen LogP contribution is -2.25. The minimum Gasteiger partial charge on any atom is -0.433 e. The molecule has 0 aliphatic carbocycles. The van der Waals surface area contributed by atoms with Crippen LogP contribution in [0.15, 0.2) is 30.3 Å². The van der Waals surface area contributed by atoms with Crippen LogP contribution in [0.1, 0.15) is 0 Å². The average molecular weight is 371 g/mol. The summed E-state index contributed by atoms with van der Waals surface area (Å²) in [5.41, 5.74) is -2.48. The first-order chi connectivity index (χ1) is 10.6. The number of hydrogen-bond acceptors (Lipinski definition) is 7. The summed E-state index contributed by atoms with van der Waals surface area (Å²) in [6.45, 7) is -1.86. The van der Waals surface area contributed by atoms with Gasteiger partial charge in [0.2, 0.25) is 10.0 Å². The van der Waals surface area contributed by atoms with Crippen molar-refractivity contribution in [3.8, 4) is 0 Å². The fraction of sp³-hybridized carbons (Fsp3) is 0.364. The van der Waals surface area contributed by atoms with Crippen LogP contribution < -0.4 is 4.72 Å². The molecule has 0 aliphatic heterocycles. The van der Waals surface area contributed by atoms with Gasteiger partial charge in [0, 0.05) is 5.69 Å². The second kappa shape index (κ2) is 8.08. The van der Waals surface area contributed by atoms with Crippen LogP contribution in [-0.4, -0.2) is 52.0 Å². The highest BCUT2D eigenvalue weighted by Crippen LogP contribution is 2.08. The maximum Gasteiger partial charge on any atom is 0.508 e. The Morgan fingerprint density at radius 2 is 1.78 bits per heavy atom. The van der Waals surface area contributed by atoms with Gasteiger partial charge in [-0.1, -0.05) is 18.2 Å². The van der Waals surface area contributed by atoms with E-state index in [1.54, 1.807) is 18.2 Å². The molecule has 0 aromatic heterocycles. The van der Waals surface area contributed by atoms with Crippen molar-refractivity contribution < 1.29 is 40.0 Å². The van der Waals surface area contributed by atoms with Crippen molar-refractivity contribution >= 4 is 32.0 Å². The maximum atomic E-state index is 12.7. The van der Waals surface area contributed by atoms with Crippen molar-refractivity contribution in [2.75, 3.05) is 23.7 Å². The molecule has 0 fully saturated rings. The lowest BCUT2D eigenvalue weighted by Gasteiger charge is -2.09. The van der Waals surface area contributed by atoms with Crippen molar-refractivity contribution in [1.82, 2.24) is 0 Å². The van der Waals surface area contributed by atoms with E-state index in [2.05, 4.69) is 14.2 Å². The summed E-state index contributed by atoms with van der Waals surface area (Å²) < 4.78 is 75.7. The van der Waals surface area contributed by atoms with E-state index in [-0.39, 0.29) is 0 Å². The molecule has 9 nitrogen and oxygen atoms in total. The van der Waals surface area contributed by atoms with Crippen LogP contribution >= 0.6 is 0 Å². The molecule has 1 atom stereocenters. The zero-order valence-electron chi connectivity index (χ0n) is 11.6. The van der Waals surface area contributed by atoms with Gasteiger partial charge in [-0.2, -0.15) is 8.42 Å². The number of carbonyl (C=O) groups is 1. The molecule has 0 amide bonds. The Morgan fingerprint density at radius 1 is 1.17 bits per heavy atom. The maximum absolute atomic E-state index is 12.7. The van der Waals surface area contributed by atoms with Crippen molar-refractivity contribution in [2.24, 2.45) is 0 Å². The van der Waals surface area contributed by atoms with Crippen LogP contribution in [0, 0.1) is 0 Å². The van der Waals surface area contributed by atoms with Gasteiger partial charge < -0.3 is 9.47 Å². The second-order valence-corrected chi connectivity index (χ2v) is 7.50. The Kier molecular flexibility index (Phi) is 6.72. The van der Waals surface area contributed by atoms with E-state index in [9.17, 15) is 26.0 Å². The van der Waals surface area contributed by atoms with Gasteiger partial charge >= 0.3 is 16.3 Å². The highest BCUT2D eigenvalue weighted by atomic mass is 32.2. The normalized spacial score (nSPS) is 13.1. The first-order valence-corrected chi connectivity index (χ1v) is 9.21. The first kappa shape index (κ1) is 19.1. The van der Waals surface area contributed by atoms with Crippen molar-refractivity contribution in [3.63, 3.8) is 0 Å². The zero-order valence-corrected chi connectivity index (χ0v) is 13.2. The number of ether oxygens (including phenoxy) is 2. The highest BCUT2D eigenvalue weighted by molar-refractivity contribution is 7.92. The molecule has 1 aromatic rings. The number of sulfonamides is 1. The molecule has 12 heteroatoms. The number of anilines is 1. The van der Waals surface area contributed by atoms with Gasteiger partial charge in [0.05, 0.1) is 0 Å². The third-order valence-corrected chi connectivity index (χ3v) is 4.31. The summed E-state index contributed by atoms with van der Waals surface area (Å²) >= 11 is 0. The summed E-state index contributed by atoms with van der Waals surface area (Å²) in [7, 11) is -8.76. The first-order valence-electron chi connectivity index (χ1n) is 6.05. The van der Waals surface area contributed by atoms with Gasteiger partial charge in [-0.25, -0.2) is 17.6 Å². The number of hydrogen-bond donors (Lipinski definition) is 2. The molecule has 0 aliphatic rings. The number of rotatable bonds is 8. The largest absolute Gasteiger partial charge is 0.508 e. The lowest BCUT2D eigenvalue weighted by atomic mass is 10.3. The monoisotopic (exact) mass is 371 g/mol. The summed E-state index contributed by atoms with van der Waals surface area (Å²) in [4.78, 5) is 11.0. The Labute approximate surface area is 132 Å². The summed E-state index contributed by atoms with van der Waals surface area (Å²) in [5, 5.41) is 0. The van der Waals surface area contributed by atoms with E-state index < -0.39 is 50.8 Å². The van der Waals surface area contributed by atoms with Crippen LogP contribution in [0.5, 0.6) is 0 Å². The van der Waals surface area contributed by atoms with Crippen LogP contribution in [0.3, 0.4) is 0 Å². The highest BCUT2D eigenvalue weighted by Gasteiger charge is 2.24. The molecule has 0 spiro atoms. The summed E-state index contributed by atoms with van der Waals surface area (Å²) in [6.07, 6.45) is -1.47. The quantitative estimate of drug-likeness (QED) is 0.505. The van der Waals surface area contributed by atoms with Gasteiger partial charge in [0.1, 0.15) is 19.0 Å². The number of nitrogens with one attached hydrogen (secondary N) is 1. The van der Waals surface area contributed by atoms with E-state index >= 15 is 0 Å². The van der Waals surface area contributed by atoms with Gasteiger partial charge in [-0.15, -0.1) is 0 Å². The lowest BCUT2D eigenvalue weighted by molar-refractivity contribution is 0.0505.